The number of hydrogen-bond acceptors (Lipinski definition) is 6. The molecule has 2 aliphatic heterocycles. The number of nitrogens with one attached hydrogen (secondary N) is 1. The monoisotopic (exact) mass is 326 g/mol. The number of hydrogen-bond donors (Lipinski definition) is 1. The smallest absolute Gasteiger partial charge is 0.272 e. The molecular formula is C17H18N4O3. The van der Waals surface area contributed by atoms with E-state index in [0.717, 1.165) is 37.4 Å². The maximum absolute atomic E-state index is 12.4. The van der Waals surface area contributed by atoms with Crippen LogP contribution in [0.1, 0.15) is 23.3 Å². The van der Waals surface area contributed by atoms with Crippen molar-refractivity contribution in [3.05, 3.63) is 36.2 Å². The second-order valence-corrected chi connectivity index (χ2v) is 5.75. The Balaban J connectivity index is 1.52. The topological polar surface area (TPSA) is 76.6 Å². The van der Waals surface area contributed by atoms with Crippen LogP contribution in [0.4, 0.5) is 11.6 Å². The Kier molecular flexibility index (Phi) is 3.90. The van der Waals surface area contributed by atoms with Crippen LogP contribution in [0.3, 0.4) is 0 Å². The molecule has 0 unspecified atom stereocenters. The van der Waals surface area contributed by atoms with Gasteiger partial charge in [0.15, 0.2) is 11.5 Å². The Morgan fingerprint density at radius 2 is 1.88 bits per heavy atom. The van der Waals surface area contributed by atoms with Gasteiger partial charge in [-0.3, -0.25) is 4.79 Å². The van der Waals surface area contributed by atoms with Crippen molar-refractivity contribution in [2.24, 2.45) is 0 Å². The zero-order chi connectivity index (χ0) is 16.4. The summed E-state index contributed by atoms with van der Waals surface area (Å²) in [6, 6.07) is 7.20. The third kappa shape index (κ3) is 2.97. The summed E-state index contributed by atoms with van der Waals surface area (Å²) in [6.45, 7) is 2.69. The quantitative estimate of drug-likeness (QED) is 0.932. The van der Waals surface area contributed by atoms with Gasteiger partial charge in [-0.2, -0.15) is 0 Å². The molecule has 0 radical (unpaired) electrons. The molecule has 0 saturated carbocycles. The molecule has 0 bridgehead atoms. The fourth-order valence-electron chi connectivity index (χ4n) is 2.87. The Labute approximate surface area is 139 Å². The molecule has 1 saturated heterocycles. The van der Waals surface area contributed by atoms with E-state index >= 15 is 0 Å². The van der Waals surface area contributed by atoms with E-state index in [1.54, 1.807) is 12.3 Å². The average Bonchev–Trinajstić information content (AvgIpc) is 3.16. The fourth-order valence-corrected chi connectivity index (χ4v) is 2.87. The van der Waals surface area contributed by atoms with E-state index < -0.39 is 0 Å². The third-order valence-electron chi connectivity index (χ3n) is 4.07. The first-order valence-corrected chi connectivity index (χ1v) is 8.08. The normalized spacial score (nSPS) is 16.1. The van der Waals surface area contributed by atoms with Crippen LogP contribution in [0, 0.1) is 0 Å². The van der Waals surface area contributed by atoms with Crippen molar-refractivity contribution in [3.8, 4) is 11.5 Å². The van der Waals surface area contributed by atoms with Gasteiger partial charge in [-0.15, -0.1) is 0 Å². The lowest BCUT2D eigenvalue weighted by Gasteiger charge is -2.19. The standard InChI is InChI=1S/C17H18N4O3/c22-16(21-7-1-2-8-21)13-5-6-18-17(20-13)19-12-3-4-14-15(11-12)24-10-9-23-14/h3-6,11H,1-2,7-10H2,(H,18,19,20). The summed E-state index contributed by atoms with van der Waals surface area (Å²) >= 11 is 0. The van der Waals surface area contributed by atoms with E-state index in [9.17, 15) is 4.79 Å². The zero-order valence-corrected chi connectivity index (χ0v) is 13.2. The van der Waals surface area contributed by atoms with Crippen LogP contribution in [0.5, 0.6) is 11.5 Å². The number of benzene rings is 1. The van der Waals surface area contributed by atoms with Gasteiger partial charge in [0.2, 0.25) is 5.95 Å². The summed E-state index contributed by atoms with van der Waals surface area (Å²) in [5, 5.41) is 3.11. The van der Waals surface area contributed by atoms with Crippen molar-refractivity contribution in [2.45, 2.75) is 12.8 Å². The first kappa shape index (κ1) is 14.7. The van der Waals surface area contributed by atoms with Crippen molar-refractivity contribution < 1.29 is 14.3 Å². The van der Waals surface area contributed by atoms with E-state index in [4.69, 9.17) is 9.47 Å². The van der Waals surface area contributed by atoms with Crippen molar-refractivity contribution in [3.63, 3.8) is 0 Å². The summed E-state index contributed by atoms with van der Waals surface area (Å²) < 4.78 is 11.1. The van der Waals surface area contributed by atoms with Crippen LogP contribution in [-0.2, 0) is 0 Å². The lowest BCUT2D eigenvalue weighted by Crippen LogP contribution is -2.28. The predicted molar refractivity (Wildman–Crippen MR) is 87.9 cm³/mol. The number of anilines is 2. The Hall–Kier alpha value is -2.83. The number of ether oxygens (including phenoxy) is 2. The molecule has 1 aromatic carbocycles. The summed E-state index contributed by atoms with van der Waals surface area (Å²) in [6.07, 6.45) is 3.70. The molecule has 7 nitrogen and oxygen atoms in total. The van der Waals surface area contributed by atoms with Crippen molar-refractivity contribution in [2.75, 3.05) is 31.6 Å². The highest BCUT2D eigenvalue weighted by molar-refractivity contribution is 5.92. The summed E-state index contributed by atoms with van der Waals surface area (Å²) in [5.41, 5.74) is 1.19. The lowest BCUT2D eigenvalue weighted by atomic mass is 10.2. The Morgan fingerprint density at radius 1 is 1.08 bits per heavy atom. The second-order valence-electron chi connectivity index (χ2n) is 5.75. The first-order chi connectivity index (χ1) is 11.8. The van der Waals surface area contributed by atoms with E-state index in [0.29, 0.717) is 30.6 Å². The van der Waals surface area contributed by atoms with Crippen LogP contribution in [0.2, 0.25) is 0 Å². The molecule has 4 rings (SSSR count). The summed E-state index contributed by atoms with van der Waals surface area (Å²) in [4.78, 5) is 22.8. The molecule has 124 valence electrons. The van der Waals surface area contributed by atoms with Gasteiger partial charge in [0.1, 0.15) is 18.9 Å². The molecule has 2 aromatic rings. The van der Waals surface area contributed by atoms with E-state index in [2.05, 4.69) is 15.3 Å². The molecule has 1 aromatic heterocycles. The van der Waals surface area contributed by atoms with Gasteiger partial charge in [-0.05, 0) is 31.0 Å². The molecule has 3 heterocycles. The number of nitrogens with zero attached hydrogens (tertiary/aromatic N) is 3. The van der Waals surface area contributed by atoms with Crippen LogP contribution in [-0.4, -0.2) is 47.1 Å². The largest absolute Gasteiger partial charge is 0.486 e. The maximum atomic E-state index is 12.4. The molecule has 0 atom stereocenters. The minimum Gasteiger partial charge on any atom is -0.486 e. The summed E-state index contributed by atoms with van der Waals surface area (Å²) in [7, 11) is 0. The Morgan fingerprint density at radius 3 is 2.71 bits per heavy atom. The number of fused-ring (bicyclic) bond motifs is 1. The molecule has 0 aliphatic carbocycles. The number of carbonyl (C=O) groups is 1. The van der Waals surface area contributed by atoms with Crippen molar-refractivity contribution >= 4 is 17.5 Å². The van der Waals surface area contributed by atoms with Crippen molar-refractivity contribution in [1.82, 2.24) is 14.9 Å². The lowest BCUT2D eigenvalue weighted by molar-refractivity contribution is 0.0787. The summed E-state index contributed by atoms with van der Waals surface area (Å²) in [5.74, 6) is 1.76. The number of amides is 1. The molecule has 2 aliphatic rings. The van der Waals surface area contributed by atoms with Gasteiger partial charge in [-0.25, -0.2) is 9.97 Å². The molecule has 0 spiro atoms. The van der Waals surface area contributed by atoms with Crippen LogP contribution in [0.25, 0.3) is 0 Å². The fraction of sp³-hybridized carbons (Fsp3) is 0.353. The van der Waals surface area contributed by atoms with Gasteiger partial charge in [0.25, 0.3) is 5.91 Å². The minimum absolute atomic E-state index is 0.0416. The van der Waals surface area contributed by atoms with E-state index in [-0.39, 0.29) is 5.91 Å². The maximum Gasteiger partial charge on any atom is 0.272 e. The number of aromatic nitrogens is 2. The molecule has 1 N–H and O–H groups in total. The highest BCUT2D eigenvalue weighted by Crippen LogP contribution is 2.33. The number of rotatable bonds is 3. The Bertz CT molecular complexity index is 759. The minimum atomic E-state index is -0.0416. The molecular weight excluding hydrogens is 308 g/mol. The zero-order valence-electron chi connectivity index (χ0n) is 13.2. The molecule has 1 fully saturated rings. The van der Waals surface area contributed by atoms with Crippen LogP contribution < -0.4 is 14.8 Å². The third-order valence-corrected chi connectivity index (χ3v) is 4.07. The number of likely N-dealkylation sites (tertiary alicyclic amines) is 1. The SMILES string of the molecule is O=C(c1ccnc(Nc2ccc3c(c2)OCCO3)n1)N1CCCC1. The van der Waals surface area contributed by atoms with Gasteiger partial charge < -0.3 is 19.7 Å². The molecule has 24 heavy (non-hydrogen) atoms. The molecule has 1 amide bonds. The van der Waals surface area contributed by atoms with Crippen molar-refractivity contribution in [1.29, 1.82) is 0 Å². The second kappa shape index (κ2) is 6.35. The highest BCUT2D eigenvalue weighted by atomic mass is 16.6. The van der Waals surface area contributed by atoms with Crippen LogP contribution >= 0.6 is 0 Å². The van der Waals surface area contributed by atoms with Gasteiger partial charge in [-0.1, -0.05) is 0 Å². The predicted octanol–water partition coefficient (Wildman–Crippen LogP) is 2.23. The highest BCUT2D eigenvalue weighted by Gasteiger charge is 2.21. The van der Waals surface area contributed by atoms with Gasteiger partial charge in [0, 0.05) is 31.0 Å². The number of carbonyl (C=O) groups excluding carboxylic acids is 1. The van der Waals surface area contributed by atoms with Gasteiger partial charge in [0.05, 0.1) is 0 Å². The van der Waals surface area contributed by atoms with E-state index in [1.165, 1.54) is 0 Å². The van der Waals surface area contributed by atoms with E-state index in [1.807, 2.05) is 23.1 Å². The molecule has 7 heteroatoms. The van der Waals surface area contributed by atoms with Crippen LogP contribution in [0.15, 0.2) is 30.5 Å². The first-order valence-electron chi connectivity index (χ1n) is 8.08. The van der Waals surface area contributed by atoms with Gasteiger partial charge >= 0.3 is 0 Å². The average molecular weight is 326 g/mol.